The van der Waals surface area contributed by atoms with E-state index in [1.54, 1.807) is 37.3 Å². The molecule has 2 rings (SSSR count). The molecule has 0 radical (unpaired) electrons. The zero-order chi connectivity index (χ0) is 14.8. The Bertz CT molecular complexity index is 713. The number of ether oxygens (including phenoxy) is 1. The minimum atomic E-state index is -3.74. The molecule has 1 aromatic carbocycles. The Morgan fingerprint density at radius 2 is 1.95 bits per heavy atom. The monoisotopic (exact) mass is 292 g/mol. The number of aromatic nitrogens is 1. The molecular weight excluding hydrogens is 276 g/mol. The van der Waals surface area contributed by atoms with Crippen LogP contribution in [0.25, 0.3) is 0 Å². The van der Waals surface area contributed by atoms with Gasteiger partial charge < -0.3 is 4.74 Å². The average Bonchev–Trinajstić information content (AvgIpc) is 2.37. The number of hydrogen-bond donors (Lipinski definition) is 1. The van der Waals surface area contributed by atoms with Crippen LogP contribution in [0.2, 0.25) is 0 Å². The van der Waals surface area contributed by atoms with Crippen LogP contribution in [0.1, 0.15) is 11.1 Å². The van der Waals surface area contributed by atoms with Gasteiger partial charge in [-0.05, 0) is 43.2 Å². The summed E-state index contributed by atoms with van der Waals surface area (Å²) in [6, 6.07) is 8.52. The smallest absolute Gasteiger partial charge is 0.267 e. The highest BCUT2D eigenvalue weighted by molar-refractivity contribution is 7.92. The van der Waals surface area contributed by atoms with E-state index in [-0.39, 0.29) is 10.7 Å². The molecule has 0 saturated heterocycles. The maximum atomic E-state index is 12.5. The second-order valence-electron chi connectivity index (χ2n) is 4.43. The molecule has 5 nitrogen and oxygen atoms in total. The van der Waals surface area contributed by atoms with E-state index in [2.05, 4.69) is 9.71 Å². The lowest BCUT2D eigenvalue weighted by atomic mass is 10.1. The molecule has 106 valence electrons. The predicted octanol–water partition coefficient (Wildman–Crippen LogP) is 2.51. The summed E-state index contributed by atoms with van der Waals surface area (Å²) in [4.78, 5) is 4.10. The van der Waals surface area contributed by atoms with Crippen LogP contribution in [0, 0.1) is 13.8 Å². The summed E-state index contributed by atoms with van der Waals surface area (Å²) in [6.45, 7) is 3.63. The number of pyridine rings is 1. The number of sulfonamides is 1. The lowest BCUT2D eigenvalue weighted by Gasteiger charge is -2.14. The second kappa shape index (κ2) is 5.50. The van der Waals surface area contributed by atoms with Gasteiger partial charge in [0.1, 0.15) is 16.5 Å². The van der Waals surface area contributed by atoms with Gasteiger partial charge in [0.25, 0.3) is 10.0 Å². The van der Waals surface area contributed by atoms with E-state index in [9.17, 15) is 8.42 Å². The highest BCUT2D eigenvalue weighted by atomic mass is 32.2. The topological polar surface area (TPSA) is 68.3 Å². The summed E-state index contributed by atoms with van der Waals surface area (Å²) in [6.07, 6.45) is 1.52. The van der Waals surface area contributed by atoms with Crippen molar-refractivity contribution in [2.45, 2.75) is 18.7 Å². The second-order valence-corrected chi connectivity index (χ2v) is 6.05. The normalized spacial score (nSPS) is 11.2. The highest BCUT2D eigenvalue weighted by Crippen LogP contribution is 2.29. The molecule has 1 N–H and O–H groups in total. The minimum absolute atomic E-state index is 0.135. The molecule has 0 aliphatic heterocycles. The van der Waals surface area contributed by atoms with Crippen molar-refractivity contribution in [1.29, 1.82) is 0 Å². The quantitative estimate of drug-likeness (QED) is 0.940. The molecule has 2 aromatic rings. The number of anilines is 1. The molecule has 1 heterocycles. The summed E-state index contributed by atoms with van der Waals surface area (Å²) in [5, 5.41) is 0. The van der Waals surface area contributed by atoms with E-state index in [4.69, 9.17) is 4.74 Å². The SMILES string of the molecule is COc1cc(C)cc(C)c1S(=O)(=O)Nc1ccccn1. The molecule has 6 heteroatoms. The number of benzene rings is 1. The van der Waals surface area contributed by atoms with Gasteiger partial charge in [0, 0.05) is 6.20 Å². The molecule has 0 aliphatic rings. The number of nitrogens with zero attached hydrogens (tertiary/aromatic N) is 1. The summed E-state index contributed by atoms with van der Waals surface area (Å²) < 4.78 is 32.6. The largest absolute Gasteiger partial charge is 0.495 e. The fraction of sp³-hybridized carbons (Fsp3) is 0.214. The van der Waals surface area contributed by atoms with Gasteiger partial charge in [-0.15, -0.1) is 0 Å². The molecule has 0 spiro atoms. The Balaban J connectivity index is 2.50. The minimum Gasteiger partial charge on any atom is -0.495 e. The Kier molecular flexibility index (Phi) is 3.94. The molecule has 20 heavy (non-hydrogen) atoms. The third kappa shape index (κ3) is 2.91. The first-order chi connectivity index (χ1) is 9.44. The Labute approximate surface area is 118 Å². The lowest BCUT2D eigenvalue weighted by Crippen LogP contribution is -2.16. The first-order valence-corrected chi connectivity index (χ1v) is 7.51. The number of rotatable bonds is 4. The zero-order valence-corrected chi connectivity index (χ0v) is 12.4. The van der Waals surface area contributed by atoms with Crippen LogP contribution in [-0.4, -0.2) is 20.5 Å². The average molecular weight is 292 g/mol. The first-order valence-electron chi connectivity index (χ1n) is 6.03. The first kappa shape index (κ1) is 14.3. The van der Waals surface area contributed by atoms with Crippen molar-refractivity contribution < 1.29 is 13.2 Å². The van der Waals surface area contributed by atoms with Crippen molar-refractivity contribution in [2.24, 2.45) is 0 Å². The summed E-state index contributed by atoms with van der Waals surface area (Å²) in [7, 11) is -2.29. The van der Waals surface area contributed by atoms with Gasteiger partial charge >= 0.3 is 0 Å². The fourth-order valence-electron chi connectivity index (χ4n) is 2.02. The number of nitrogens with one attached hydrogen (secondary N) is 1. The van der Waals surface area contributed by atoms with Crippen molar-refractivity contribution in [3.63, 3.8) is 0 Å². The summed E-state index contributed by atoms with van der Waals surface area (Å²) in [5.74, 6) is 0.598. The third-order valence-corrected chi connectivity index (χ3v) is 4.32. The van der Waals surface area contributed by atoms with Crippen LogP contribution < -0.4 is 9.46 Å². The van der Waals surface area contributed by atoms with Crippen molar-refractivity contribution in [3.05, 3.63) is 47.7 Å². The van der Waals surface area contributed by atoms with Crippen LogP contribution >= 0.6 is 0 Å². The predicted molar refractivity (Wildman–Crippen MR) is 77.5 cm³/mol. The van der Waals surface area contributed by atoms with Gasteiger partial charge in [0.05, 0.1) is 7.11 Å². The summed E-state index contributed by atoms with van der Waals surface area (Å²) >= 11 is 0. The zero-order valence-electron chi connectivity index (χ0n) is 11.5. The van der Waals surface area contributed by atoms with Crippen LogP contribution in [0.4, 0.5) is 5.82 Å². The van der Waals surface area contributed by atoms with E-state index in [1.165, 1.54) is 13.3 Å². The van der Waals surface area contributed by atoms with Crippen LogP contribution in [0.3, 0.4) is 0 Å². The van der Waals surface area contributed by atoms with Gasteiger partial charge in [-0.3, -0.25) is 4.72 Å². The molecule has 0 aliphatic carbocycles. The van der Waals surface area contributed by atoms with Gasteiger partial charge in [0.15, 0.2) is 0 Å². The van der Waals surface area contributed by atoms with E-state index < -0.39 is 10.0 Å². The Morgan fingerprint density at radius 1 is 1.20 bits per heavy atom. The number of hydrogen-bond acceptors (Lipinski definition) is 4. The van der Waals surface area contributed by atoms with E-state index in [0.29, 0.717) is 11.3 Å². The van der Waals surface area contributed by atoms with Crippen molar-refractivity contribution in [3.8, 4) is 5.75 Å². The Morgan fingerprint density at radius 3 is 2.55 bits per heavy atom. The van der Waals surface area contributed by atoms with Gasteiger partial charge in [-0.25, -0.2) is 13.4 Å². The molecule has 1 aromatic heterocycles. The number of methoxy groups -OCH3 is 1. The molecule has 0 atom stereocenters. The van der Waals surface area contributed by atoms with E-state index in [0.717, 1.165) is 5.56 Å². The molecule has 0 unspecified atom stereocenters. The molecule has 0 amide bonds. The highest BCUT2D eigenvalue weighted by Gasteiger charge is 2.23. The fourth-order valence-corrected chi connectivity index (χ4v) is 3.41. The van der Waals surface area contributed by atoms with E-state index in [1.807, 2.05) is 6.92 Å². The van der Waals surface area contributed by atoms with Crippen LogP contribution in [0.15, 0.2) is 41.4 Å². The molecule has 0 saturated carbocycles. The maximum absolute atomic E-state index is 12.5. The number of aryl methyl sites for hydroxylation is 2. The van der Waals surface area contributed by atoms with Crippen molar-refractivity contribution in [1.82, 2.24) is 4.98 Å². The van der Waals surface area contributed by atoms with Gasteiger partial charge in [-0.2, -0.15) is 0 Å². The van der Waals surface area contributed by atoms with Gasteiger partial charge in [0.2, 0.25) is 0 Å². The lowest BCUT2D eigenvalue weighted by molar-refractivity contribution is 0.402. The standard InChI is InChI=1S/C14H16N2O3S/c1-10-8-11(2)14(12(9-10)19-3)20(17,18)16-13-6-4-5-7-15-13/h4-9H,1-3H3,(H,15,16). The molecule has 0 bridgehead atoms. The van der Waals surface area contributed by atoms with E-state index >= 15 is 0 Å². The molecular formula is C14H16N2O3S. The van der Waals surface area contributed by atoms with Gasteiger partial charge in [-0.1, -0.05) is 12.1 Å². The molecule has 0 fully saturated rings. The Hall–Kier alpha value is -2.08. The van der Waals surface area contributed by atoms with Crippen LogP contribution in [0.5, 0.6) is 5.75 Å². The third-order valence-electron chi connectivity index (χ3n) is 2.78. The van der Waals surface area contributed by atoms with Crippen LogP contribution in [-0.2, 0) is 10.0 Å². The van der Waals surface area contributed by atoms with Crippen molar-refractivity contribution in [2.75, 3.05) is 11.8 Å². The van der Waals surface area contributed by atoms with Crippen molar-refractivity contribution >= 4 is 15.8 Å². The summed E-state index contributed by atoms with van der Waals surface area (Å²) in [5.41, 5.74) is 1.57. The maximum Gasteiger partial charge on any atom is 0.267 e.